The molecule has 1 aromatic heterocycles. The van der Waals surface area contributed by atoms with Crippen LogP contribution in [0.4, 0.5) is 5.69 Å². The summed E-state index contributed by atoms with van der Waals surface area (Å²) in [4.78, 5) is 16.7. The van der Waals surface area contributed by atoms with Crippen LogP contribution in [0.5, 0.6) is 0 Å². The van der Waals surface area contributed by atoms with Crippen molar-refractivity contribution in [3.8, 4) is 0 Å². The molecule has 2 unspecified atom stereocenters. The molecule has 2 heterocycles. The van der Waals surface area contributed by atoms with Crippen LogP contribution in [0.1, 0.15) is 19.8 Å². The zero-order valence-corrected chi connectivity index (χ0v) is 11.6. The molecule has 1 saturated heterocycles. The first-order valence-corrected chi connectivity index (χ1v) is 7.12. The summed E-state index contributed by atoms with van der Waals surface area (Å²) in [6, 6.07) is 9.57. The van der Waals surface area contributed by atoms with Crippen molar-refractivity contribution in [3.05, 3.63) is 36.5 Å². The fraction of sp³-hybridized carbons (Fsp3) is 0.375. The Morgan fingerprint density at radius 3 is 3.10 bits per heavy atom. The van der Waals surface area contributed by atoms with Crippen LogP contribution in [0, 0.1) is 5.92 Å². The van der Waals surface area contributed by atoms with Crippen LogP contribution < -0.4 is 10.6 Å². The highest BCUT2D eigenvalue weighted by Crippen LogP contribution is 2.22. The molecule has 20 heavy (non-hydrogen) atoms. The number of nitrogens with zero attached hydrogens (tertiary/aromatic N) is 1. The van der Waals surface area contributed by atoms with Gasteiger partial charge in [0, 0.05) is 11.6 Å². The average Bonchev–Trinajstić information content (AvgIpc) is 2.47. The number of benzene rings is 1. The summed E-state index contributed by atoms with van der Waals surface area (Å²) in [5, 5.41) is 7.30. The molecule has 1 amide bonds. The number of nitrogens with one attached hydrogen (secondary N) is 2. The molecule has 3 rings (SSSR count). The Labute approximate surface area is 118 Å². The number of rotatable bonds is 2. The number of carbonyl (C=O) groups excluding carboxylic acids is 1. The lowest BCUT2D eigenvalue weighted by molar-refractivity contribution is -0.119. The van der Waals surface area contributed by atoms with Gasteiger partial charge in [0.15, 0.2) is 0 Å². The van der Waals surface area contributed by atoms with Crippen LogP contribution in [0.15, 0.2) is 36.5 Å². The molecular formula is C16H19N3O. The van der Waals surface area contributed by atoms with Crippen molar-refractivity contribution < 1.29 is 4.79 Å². The summed E-state index contributed by atoms with van der Waals surface area (Å²) in [6.45, 7) is 3.11. The summed E-state index contributed by atoms with van der Waals surface area (Å²) in [7, 11) is 0. The van der Waals surface area contributed by atoms with Crippen molar-refractivity contribution in [2.45, 2.75) is 25.8 Å². The van der Waals surface area contributed by atoms with Gasteiger partial charge in [-0.05, 0) is 49.6 Å². The number of carbonyl (C=O) groups is 1. The number of pyridine rings is 1. The van der Waals surface area contributed by atoms with Crippen molar-refractivity contribution in [2.24, 2.45) is 5.92 Å². The quantitative estimate of drug-likeness (QED) is 0.881. The lowest BCUT2D eigenvalue weighted by atomic mass is 9.94. The molecule has 104 valence electrons. The van der Waals surface area contributed by atoms with Gasteiger partial charge in [-0.1, -0.05) is 13.0 Å². The lowest BCUT2D eigenvalue weighted by Gasteiger charge is -2.27. The van der Waals surface area contributed by atoms with Crippen LogP contribution in [0.2, 0.25) is 0 Å². The fourth-order valence-electron chi connectivity index (χ4n) is 2.74. The van der Waals surface area contributed by atoms with Gasteiger partial charge in [0.25, 0.3) is 0 Å². The molecule has 2 aromatic rings. The van der Waals surface area contributed by atoms with Gasteiger partial charge >= 0.3 is 0 Å². The second kappa shape index (κ2) is 5.59. The van der Waals surface area contributed by atoms with Crippen molar-refractivity contribution in [3.63, 3.8) is 0 Å². The van der Waals surface area contributed by atoms with E-state index in [2.05, 4.69) is 22.5 Å². The maximum atomic E-state index is 12.4. The maximum Gasteiger partial charge on any atom is 0.241 e. The van der Waals surface area contributed by atoms with Gasteiger partial charge in [0.05, 0.1) is 17.2 Å². The van der Waals surface area contributed by atoms with Crippen LogP contribution >= 0.6 is 0 Å². The summed E-state index contributed by atoms with van der Waals surface area (Å²) in [6.07, 6.45) is 3.80. The van der Waals surface area contributed by atoms with E-state index in [1.807, 2.05) is 30.3 Å². The molecule has 1 aromatic carbocycles. The number of anilines is 1. The van der Waals surface area contributed by atoms with Crippen LogP contribution in [-0.4, -0.2) is 23.5 Å². The van der Waals surface area contributed by atoms with Crippen molar-refractivity contribution in [1.29, 1.82) is 0 Å². The van der Waals surface area contributed by atoms with E-state index in [4.69, 9.17) is 0 Å². The third-order valence-corrected chi connectivity index (χ3v) is 3.89. The first-order valence-electron chi connectivity index (χ1n) is 7.12. The second-order valence-corrected chi connectivity index (χ2v) is 5.50. The van der Waals surface area contributed by atoms with E-state index >= 15 is 0 Å². The van der Waals surface area contributed by atoms with E-state index in [9.17, 15) is 4.79 Å². The number of aromatic nitrogens is 1. The third kappa shape index (κ3) is 2.65. The van der Waals surface area contributed by atoms with Crippen molar-refractivity contribution >= 4 is 22.5 Å². The van der Waals surface area contributed by atoms with Gasteiger partial charge in [-0.25, -0.2) is 0 Å². The monoisotopic (exact) mass is 269 g/mol. The van der Waals surface area contributed by atoms with Crippen LogP contribution in [-0.2, 0) is 4.79 Å². The van der Waals surface area contributed by atoms with Gasteiger partial charge in [-0.3, -0.25) is 9.78 Å². The maximum absolute atomic E-state index is 12.4. The summed E-state index contributed by atoms with van der Waals surface area (Å²) >= 11 is 0. The zero-order chi connectivity index (χ0) is 13.9. The average molecular weight is 269 g/mol. The molecule has 1 aliphatic heterocycles. The molecule has 2 atom stereocenters. The molecule has 4 nitrogen and oxygen atoms in total. The Balaban J connectivity index is 1.80. The molecule has 0 saturated carbocycles. The molecule has 1 fully saturated rings. The molecule has 0 spiro atoms. The minimum absolute atomic E-state index is 0.0490. The molecule has 1 aliphatic rings. The number of hydrogen-bond acceptors (Lipinski definition) is 3. The Hall–Kier alpha value is -1.94. The normalized spacial score (nSPS) is 22.6. The standard InChI is InChI=1S/C16H19N3O/c1-11-7-9-18-15(10-11)16(20)19-14-6-2-5-13-12(14)4-3-8-17-13/h2-6,8,11,15,18H,7,9-10H2,1H3,(H,19,20). The topological polar surface area (TPSA) is 54.0 Å². The van der Waals surface area contributed by atoms with Gasteiger partial charge in [-0.2, -0.15) is 0 Å². The highest BCUT2D eigenvalue weighted by molar-refractivity contribution is 6.02. The van der Waals surface area contributed by atoms with Gasteiger partial charge in [0.1, 0.15) is 0 Å². The van der Waals surface area contributed by atoms with Gasteiger partial charge in [0.2, 0.25) is 5.91 Å². The highest BCUT2D eigenvalue weighted by atomic mass is 16.2. The number of amides is 1. The molecular weight excluding hydrogens is 250 g/mol. The van der Waals surface area contributed by atoms with E-state index in [-0.39, 0.29) is 11.9 Å². The minimum Gasteiger partial charge on any atom is -0.324 e. The Morgan fingerprint density at radius 2 is 2.25 bits per heavy atom. The smallest absolute Gasteiger partial charge is 0.241 e. The number of fused-ring (bicyclic) bond motifs is 1. The second-order valence-electron chi connectivity index (χ2n) is 5.50. The number of hydrogen-bond donors (Lipinski definition) is 2. The first kappa shape index (κ1) is 13.1. The largest absolute Gasteiger partial charge is 0.324 e. The molecule has 0 bridgehead atoms. The Kier molecular flexibility index (Phi) is 3.65. The van der Waals surface area contributed by atoms with Crippen molar-refractivity contribution in [1.82, 2.24) is 10.3 Å². The predicted octanol–water partition coefficient (Wildman–Crippen LogP) is 2.56. The van der Waals surface area contributed by atoms with Crippen LogP contribution in [0.3, 0.4) is 0 Å². The van der Waals surface area contributed by atoms with E-state index in [1.54, 1.807) is 6.20 Å². The van der Waals surface area contributed by atoms with E-state index in [1.165, 1.54) is 0 Å². The Bertz CT molecular complexity index is 621. The fourth-order valence-corrected chi connectivity index (χ4v) is 2.74. The van der Waals surface area contributed by atoms with E-state index < -0.39 is 0 Å². The third-order valence-electron chi connectivity index (χ3n) is 3.89. The molecule has 2 N–H and O–H groups in total. The predicted molar refractivity (Wildman–Crippen MR) is 80.6 cm³/mol. The Morgan fingerprint density at radius 1 is 1.35 bits per heavy atom. The first-order chi connectivity index (χ1) is 9.74. The minimum atomic E-state index is -0.0920. The van der Waals surface area contributed by atoms with E-state index in [0.29, 0.717) is 5.92 Å². The molecule has 0 aliphatic carbocycles. The zero-order valence-electron chi connectivity index (χ0n) is 11.6. The van der Waals surface area contributed by atoms with Gasteiger partial charge in [-0.15, -0.1) is 0 Å². The number of piperidine rings is 1. The molecule has 0 radical (unpaired) electrons. The van der Waals surface area contributed by atoms with Crippen LogP contribution in [0.25, 0.3) is 10.9 Å². The summed E-state index contributed by atoms with van der Waals surface area (Å²) in [5.74, 6) is 0.647. The van der Waals surface area contributed by atoms with Crippen molar-refractivity contribution in [2.75, 3.05) is 11.9 Å². The van der Waals surface area contributed by atoms with Gasteiger partial charge < -0.3 is 10.6 Å². The summed E-state index contributed by atoms with van der Waals surface area (Å²) in [5.41, 5.74) is 1.73. The SMILES string of the molecule is CC1CCNC(C(=O)Nc2cccc3ncccc23)C1. The van der Waals surface area contributed by atoms with E-state index in [0.717, 1.165) is 36.0 Å². The summed E-state index contributed by atoms with van der Waals surface area (Å²) < 4.78 is 0. The highest BCUT2D eigenvalue weighted by Gasteiger charge is 2.24. The lowest BCUT2D eigenvalue weighted by Crippen LogP contribution is -2.45. The molecule has 4 heteroatoms.